The van der Waals surface area contributed by atoms with Gasteiger partial charge in [0.1, 0.15) is 32.6 Å². The molecule has 26 heavy (non-hydrogen) atoms. The Labute approximate surface area is 151 Å². The minimum absolute atomic E-state index is 0.000927. The van der Waals surface area contributed by atoms with Gasteiger partial charge in [0.05, 0.1) is 31.8 Å². The maximum Gasteiger partial charge on any atom is 0.409 e. The van der Waals surface area contributed by atoms with Gasteiger partial charge in [-0.15, -0.1) is 0 Å². The Kier molecular flexibility index (Phi) is 12.7. The fourth-order valence-electron chi connectivity index (χ4n) is 1.79. The number of alkyl carbamates (subject to hydrolysis) is 1. The van der Waals surface area contributed by atoms with E-state index in [1.165, 1.54) is 0 Å². The minimum Gasteiger partial charge on any atom is -0.444 e. The molecule has 0 aromatic heterocycles. The molecule has 12 nitrogen and oxygen atoms in total. The first-order chi connectivity index (χ1) is 12.3. The number of hydrogen-bond donors (Lipinski definition) is 3. The predicted molar refractivity (Wildman–Crippen MR) is 88.7 cm³/mol. The lowest BCUT2D eigenvalue weighted by Gasteiger charge is -2.32. The molecule has 0 spiro atoms. The summed E-state index contributed by atoms with van der Waals surface area (Å²) in [5.74, 6) is 0. The van der Waals surface area contributed by atoms with E-state index < -0.39 is 30.7 Å². The zero-order chi connectivity index (χ0) is 19.9. The maximum absolute atomic E-state index is 11.6. The van der Waals surface area contributed by atoms with Crippen LogP contribution in [0.5, 0.6) is 0 Å². The van der Waals surface area contributed by atoms with E-state index in [0.717, 1.165) is 0 Å². The van der Waals surface area contributed by atoms with Crippen LogP contribution in [0.2, 0.25) is 0 Å². The molecule has 0 radical (unpaired) electrons. The van der Waals surface area contributed by atoms with Gasteiger partial charge < -0.3 is 33.9 Å². The number of rotatable bonds is 14. The molecule has 0 rings (SSSR count). The lowest BCUT2D eigenvalue weighted by molar-refractivity contribution is -0.142. The summed E-state index contributed by atoms with van der Waals surface area (Å²) in [5.41, 5.74) is 6.73. The zero-order valence-corrected chi connectivity index (χ0v) is 15.3. The Morgan fingerprint density at radius 1 is 1.04 bits per heavy atom. The smallest absolute Gasteiger partial charge is 0.409 e. The fraction of sp³-hybridized carbons (Fsp3) is 0.929. The first kappa shape index (κ1) is 24.3. The van der Waals surface area contributed by atoms with E-state index in [-0.39, 0.29) is 39.9 Å². The third-order valence-corrected chi connectivity index (χ3v) is 2.75. The number of aliphatic hydroxyl groups excluding tert-OH is 2. The zero-order valence-electron chi connectivity index (χ0n) is 15.3. The van der Waals surface area contributed by atoms with E-state index in [1.54, 1.807) is 20.8 Å². The number of ether oxygens (including phenoxy) is 5. The molecule has 0 unspecified atom stereocenters. The molecule has 0 bridgehead atoms. The molecule has 0 aliphatic rings. The van der Waals surface area contributed by atoms with Gasteiger partial charge in [0.15, 0.2) is 0 Å². The highest BCUT2D eigenvalue weighted by Crippen LogP contribution is 2.20. The average molecular weight is 380 g/mol. The van der Waals surface area contributed by atoms with Crippen LogP contribution in [0.25, 0.3) is 10.4 Å². The third kappa shape index (κ3) is 12.7. The summed E-state index contributed by atoms with van der Waals surface area (Å²) < 4.78 is 25.8. The van der Waals surface area contributed by atoms with Crippen molar-refractivity contribution in [3.63, 3.8) is 0 Å². The molecule has 0 aromatic rings. The van der Waals surface area contributed by atoms with E-state index in [1.807, 2.05) is 0 Å². The van der Waals surface area contributed by atoms with Gasteiger partial charge in [0.25, 0.3) is 0 Å². The van der Waals surface area contributed by atoms with Crippen LogP contribution in [0.4, 0.5) is 4.79 Å². The van der Waals surface area contributed by atoms with Crippen molar-refractivity contribution >= 4 is 6.09 Å². The molecule has 0 aliphatic carbocycles. The van der Waals surface area contributed by atoms with Crippen molar-refractivity contribution in [1.82, 2.24) is 5.32 Å². The summed E-state index contributed by atoms with van der Waals surface area (Å²) in [7, 11) is 0. The first-order valence-corrected chi connectivity index (χ1v) is 7.79. The Hall–Kier alpha value is -1.66. The summed E-state index contributed by atoms with van der Waals surface area (Å²) in [6.45, 7) is 3.72. The van der Waals surface area contributed by atoms with Crippen molar-refractivity contribution < 1.29 is 38.7 Å². The summed E-state index contributed by atoms with van der Waals surface area (Å²) in [6, 6.07) is 0. The molecular formula is C14H28N4O8. The molecule has 0 aromatic carbocycles. The quantitative estimate of drug-likeness (QED) is 0.130. The van der Waals surface area contributed by atoms with Crippen molar-refractivity contribution in [2.45, 2.75) is 26.4 Å². The standard InChI is InChI=1S/C14H28N4O8/c1-13(2,3)26-12(21)16-8-22-4-14(6-24-10-19,7-25-11-20)5-23-9-17-18-15/h19-20H,4-11H2,1-3H3,(H,16,21). The molecule has 0 saturated carbocycles. The lowest BCUT2D eigenvalue weighted by Crippen LogP contribution is -2.43. The number of hydrogen-bond acceptors (Lipinski definition) is 9. The molecular weight excluding hydrogens is 352 g/mol. The van der Waals surface area contributed by atoms with Crippen molar-refractivity contribution in [1.29, 1.82) is 0 Å². The van der Waals surface area contributed by atoms with Crippen LogP contribution >= 0.6 is 0 Å². The monoisotopic (exact) mass is 380 g/mol. The van der Waals surface area contributed by atoms with Gasteiger partial charge >= 0.3 is 6.09 Å². The van der Waals surface area contributed by atoms with Gasteiger partial charge in [-0.25, -0.2) is 4.79 Å². The summed E-state index contributed by atoms with van der Waals surface area (Å²) in [6.07, 6.45) is -0.638. The highest BCUT2D eigenvalue weighted by molar-refractivity contribution is 5.67. The van der Waals surface area contributed by atoms with Crippen LogP contribution < -0.4 is 5.32 Å². The number of amides is 1. The van der Waals surface area contributed by atoms with Gasteiger partial charge in [0.2, 0.25) is 0 Å². The third-order valence-electron chi connectivity index (χ3n) is 2.75. The molecule has 12 heteroatoms. The van der Waals surface area contributed by atoms with Crippen molar-refractivity contribution in [2.75, 3.05) is 53.5 Å². The first-order valence-electron chi connectivity index (χ1n) is 7.79. The number of carbonyl (C=O) groups is 1. The maximum atomic E-state index is 11.6. The second-order valence-electron chi connectivity index (χ2n) is 6.34. The number of nitrogens with zero attached hydrogens (tertiary/aromatic N) is 3. The Balaban J connectivity index is 4.63. The molecule has 0 fully saturated rings. The van der Waals surface area contributed by atoms with Gasteiger partial charge in [-0.1, -0.05) is 5.11 Å². The van der Waals surface area contributed by atoms with Gasteiger partial charge in [-0.2, -0.15) is 0 Å². The number of aliphatic hydroxyl groups is 2. The van der Waals surface area contributed by atoms with Crippen LogP contribution in [0.15, 0.2) is 5.11 Å². The molecule has 0 heterocycles. The van der Waals surface area contributed by atoms with Gasteiger partial charge in [-0.3, -0.25) is 5.32 Å². The lowest BCUT2D eigenvalue weighted by atomic mass is 9.92. The van der Waals surface area contributed by atoms with E-state index in [2.05, 4.69) is 15.3 Å². The molecule has 3 N–H and O–H groups in total. The SMILES string of the molecule is CC(C)(C)OC(=O)NCOCC(COCO)(COCO)COCN=[N+]=[N-]. The Morgan fingerprint density at radius 3 is 2.08 bits per heavy atom. The van der Waals surface area contributed by atoms with Gasteiger partial charge in [0, 0.05) is 4.91 Å². The van der Waals surface area contributed by atoms with Crippen molar-refractivity contribution in [3.05, 3.63) is 10.4 Å². The predicted octanol–water partition coefficient (Wildman–Crippen LogP) is 0.689. The van der Waals surface area contributed by atoms with E-state index in [0.29, 0.717) is 0 Å². The average Bonchev–Trinajstić information content (AvgIpc) is 2.57. The minimum atomic E-state index is -0.911. The summed E-state index contributed by atoms with van der Waals surface area (Å²) in [5, 5.41) is 23.4. The normalized spacial score (nSPS) is 11.7. The van der Waals surface area contributed by atoms with E-state index >= 15 is 0 Å². The highest BCUT2D eigenvalue weighted by atomic mass is 16.6. The second kappa shape index (κ2) is 13.5. The van der Waals surface area contributed by atoms with Crippen LogP contribution in [0.1, 0.15) is 20.8 Å². The van der Waals surface area contributed by atoms with E-state index in [4.69, 9.17) is 39.4 Å². The topological polar surface area (TPSA) is 164 Å². The van der Waals surface area contributed by atoms with Crippen LogP contribution in [-0.2, 0) is 23.7 Å². The fourth-order valence-corrected chi connectivity index (χ4v) is 1.79. The number of nitrogens with one attached hydrogen (secondary N) is 1. The summed E-state index contributed by atoms with van der Waals surface area (Å²) in [4.78, 5) is 14.1. The number of azide groups is 1. The Bertz CT molecular complexity index is 429. The van der Waals surface area contributed by atoms with Crippen molar-refractivity contribution in [2.24, 2.45) is 10.5 Å². The van der Waals surface area contributed by atoms with Crippen molar-refractivity contribution in [3.8, 4) is 0 Å². The van der Waals surface area contributed by atoms with Crippen LogP contribution in [0, 0.1) is 5.41 Å². The molecule has 1 amide bonds. The number of carbonyl (C=O) groups excluding carboxylic acids is 1. The van der Waals surface area contributed by atoms with Gasteiger partial charge in [-0.05, 0) is 26.3 Å². The van der Waals surface area contributed by atoms with Crippen LogP contribution in [-0.4, -0.2) is 75.4 Å². The highest BCUT2D eigenvalue weighted by Gasteiger charge is 2.32. The second-order valence-corrected chi connectivity index (χ2v) is 6.34. The summed E-state index contributed by atoms with van der Waals surface area (Å²) >= 11 is 0. The molecule has 152 valence electrons. The molecule has 0 atom stereocenters. The largest absolute Gasteiger partial charge is 0.444 e. The van der Waals surface area contributed by atoms with Crippen LogP contribution in [0.3, 0.4) is 0 Å². The Morgan fingerprint density at radius 2 is 1.58 bits per heavy atom. The van der Waals surface area contributed by atoms with E-state index in [9.17, 15) is 4.79 Å². The molecule has 0 aliphatic heterocycles. The molecule has 0 saturated heterocycles.